The van der Waals surface area contributed by atoms with E-state index in [9.17, 15) is 14.4 Å². The lowest BCUT2D eigenvalue weighted by atomic mass is 9.97. The van der Waals surface area contributed by atoms with Gasteiger partial charge in [-0.25, -0.2) is 9.18 Å². The maximum atomic E-state index is 14.5. The molecule has 0 bridgehead atoms. The minimum atomic E-state index is -0.628. The average molecular weight is 356 g/mol. The number of methoxy groups -OCH3 is 1. The molecule has 0 heterocycles. The van der Waals surface area contributed by atoms with E-state index in [1.54, 1.807) is 43.3 Å². The first-order chi connectivity index (χ1) is 12.5. The van der Waals surface area contributed by atoms with Gasteiger partial charge in [0.25, 0.3) is 5.71 Å². The van der Waals surface area contributed by atoms with Gasteiger partial charge in [0.2, 0.25) is 0 Å². The number of hydrogen-bond acceptors (Lipinski definition) is 4. The standard InChI is InChI=1S/C20H19FNO4/c1-4-26-20(23)18-17(14-7-5-6-8-16(14)21)13-10-9-12(25-3)11-15(13)19(18)22(2)24/h5-11,24H,4H2,1-3H3/q+1. The Labute approximate surface area is 150 Å². The Hall–Kier alpha value is -3.15. The van der Waals surface area contributed by atoms with E-state index in [0.29, 0.717) is 22.4 Å². The van der Waals surface area contributed by atoms with Gasteiger partial charge in [-0.2, -0.15) is 0 Å². The fourth-order valence-corrected chi connectivity index (χ4v) is 3.13. The summed E-state index contributed by atoms with van der Waals surface area (Å²) >= 11 is 0. The summed E-state index contributed by atoms with van der Waals surface area (Å²) in [7, 11) is 2.93. The molecule has 0 radical (unpaired) electrons. The maximum Gasteiger partial charge on any atom is 0.345 e. The Kier molecular flexibility index (Phi) is 4.75. The topological polar surface area (TPSA) is 58.8 Å². The summed E-state index contributed by atoms with van der Waals surface area (Å²) in [6.07, 6.45) is 0. The highest BCUT2D eigenvalue weighted by molar-refractivity contribution is 6.35. The van der Waals surface area contributed by atoms with Gasteiger partial charge < -0.3 is 9.47 Å². The van der Waals surface area contributed by atoms with Gasteiger partial charge in [0, 0.05) is 11.1 Å². The molecule has 1 aliphatic rings. The van der Waals surface area contributed by atoms with Crippen molar-refractivity contribution >= 4 is 17.3 Å². The molecular formula is C20H19FNO4+. The summed E-state index contributed by atoms with van der Waals surface area (Å²) in [4.78, 5) is 12.7. The van der Waals surface area contributed by atoms with Gasteiger partial charge in [0.05, 0.1) is 19.3 Å². The van der Waals surface area contributed by atoms with Crippen molar-refractivity contribution < 1.29 is 28.6 Å². The van der Waals surface area contributed by atoms with E-state index >= 15 is 0 Å². The molecule has 2 aromatic carbocycles. The van der Waals surface area contributed by atoms with Gasteiger partial charge in [-0.05, 0) is 41.5 Å². The quantitative estimate of drug-likeness (QED) is 0.396. The second-order valence-electron chi connectivity index (χ2n) is 5.73. The van der Waals surface area contributed by atoms with Crippen LogP contribution in [0.25, 0.3) is 5.57 Å². The number of hydroxylamine groups is 1. The highest BCUT2D eigenvalue weighted by Crippen LogP contribution is 2.40. The van der Waals surface area contributed by atoms with E-state index in [2.05, 4.69) is 0 Å². The van der Waals surface area contributed by atoms with Gasteiger partial charge in [0.15, 0.2) is 7.05 Å². The highest BCUT2D eigenvalue weighted by atomic mass is 19.1. The van der Waals surface area contributed by atoms with Crippen LogP contribution >= 0.6 is 0 Å². The summed E-state index contributed by atoms with van der Waals surface area (Å²) in [5.41, 5.74) is 2.19. The molecule has 0 saturated carbocycles. The second-order valence-corrected chi connectivity index (χ2v) is 5.73. The average Bonchev–Trinajstić information content (AvgIpc) is 2.96. The van der Waals surface area contributed by atoms with Gasteiger partial charge >= 0.3 is 5.97 Å². The lowest BCUT2D eigenvalue weighted by Gasteiger charge is -2.09. The van der Waals surface area contributed by atoms with Crippen LogP contribution in [0.4, 0.5) is 4.39 Å². The Morgan fingerprint density at radius 1 is 1.15 bits per heavy atom. The van der Waals surface area contributed by atoms with Crippen molar-refractivity contribution in [2.75, 3.05) is 20.8 Å². The molecule has 26 heavy (non-hydrogen) atoms. The van der Waals surface area contributed by atoms with Gasteiger partial charge in [-0.15, -0.1) is 0 Å². The zero-order valence-corrected chi connectivity index (χ0v) is 14.7. The monoisotopic (exact) mass is 356 g/mol. The first-order valence-corrected chi connectivity index (χ1v) is 8.14. The summed E-state index contributed by atoms with van der Waals surface area (Å²) in [6.45, 7) is 1.85. The summed E-state index contributed by atoms with van der Waals surface area (Å²) < 4.78 is 25.8. The van der Waals surface area contributed by atoms with Crippen LogP contribution in [-0.2, 0) is 9.53 Å². The zero-order valence-electron chi connectivity index (χ0n) is 14.7. The minimum absolute atomic E-state index is 0.116. The number of carbonyl (C=O) groups is 1. The molecule has 6 heteroatoms. The number of halogens is 1. The van der Waals surface area contributed by atoms with Crippen LogP contribution in [0.5, 0.6) is 5.75 Å². The number of nitrogens with zero attached hydrogens (tertiary/aromatic N) is 1. The molecule has 0 aliphatic heterocycles. The van der Waals surface area contributed by atoms with Crippen LogP contribution in [0.3, 0.4) is 0 Å². The van der Waals surface area contributed by atoms with E-state index in [1.165, 1.54) is 20.2 Å². The maximum absolute atomic E-state index is 14.5. The fraction of sp³-hybridized carbons (Fsp3) is 0.200. The van der Waals surface area contributed by atoms with Gasteiger partial charge in [-0.1, -0.05) is 18.2 Å². The Morgan fingerprint density at radius 2 is 1.88 bits per heavy atom. The number of esters is 1. The summed E-state index contributed by atoms with van der Waals surface area (Å²) in [5, 5.41) is 10.2. The molecule has 0 fully saturated rings. The van der Waals surface area contributed by atoms with Crippen LogP contribution in [0.2, 0.25) is 0 Å². The predicted molar refractivity (Wildman–Crippen MR) is 94.1 cm³/mol. The summed E-state index contributed by atoms with van der Waals surface area (Å²) in [5.74, 6) is -0.536. The molecular weight excluding hydrogens is 337 g/mol. The number of rotatable bonds is 4. The molecule has 1 N–H and O–H groups in total. The predicted octanol–water partition coefficient (Wildman–Crippen LogP) is 3.03. The molecule has 0 aromatic heterocycles. The Morgan fingerprint density at radius 3 is 2.50 bits per heavy atom. The van der Waals surface area contributed by atoms with Crippen LogP contribution < -0.4 is 4.74 Å². The Bertz CT molecular complexity index is 943. The van der Waals surface area contributed by atoms with Crippen LogP contribution in [-0.4, -0.2) is 42.4 Å². The van der Waals surface area contributed by atoms with E-state index in [-0.39, 0.29) is 23.5 Å². The first kappa shape index (κ1) is 17.7. The van der Waals surface area contributed by atoms with Crippen molar-refractivity contribution in [2.45, 2.75) is 6.92 Å². The van der Waals surface area contributed by atoms with E-state index in [0.717, 1.165) is 4.74 Å². The van der Waals surface area contributed by atoms with Crippen molar-refractivity contribution in [3.05, 3.63) is 70.5 Å². The van der Waals surface area contributed by atoms with Crippen molar-refractivity contribution in [2.24, 2.45) is 0 Å². The number of benzene rings is 2. The van der Waals surface area contributed by atoms with Crippen LogP contribution in [0.15, 0.2) is 48.0 Å². The third kappa shape index (κ3) is 2.83. The van der Waals surface area contributed by atoms with Crippen molar-refractivity contribution in [1.29, 1.82) is 0 Å². The number of carbonyl (C=O) groups excluding carboxylic acids is 1. The van der Waals surface area contributed by atoms with Crippen LogP contribution in [0.1, 0.15) is 23.6 Å². The molecule has 0 spiro atoms. The van der Waals surface area contributed by atoms with Gasteiger partial charge in [-0.3, -0.25) is 5.21 Å². The largest absolute Gasteiger partial charge is 0.497 e. The molecule has 3 rings (SSSR count). The number of hydrogen-bond donors (Lipinski definition) is 1. The molecule has 0 amide bonds. The van der Waals surface area contributed by atoms with Crippen molar-refractivity contribution in [3.8, 4) is 5.75 Å². The fourth-order valence-electron chi connectivity index (χ4n) is 3.13. The SMILES string of the molecule is CCOC(=O)C1=C(c2ccccc2F)c2ccc(OC)cc2C1=[N+](C)O. The number of ether oxygens (including phenoxy) is 2. The zero-order chi connectivity index (χ0) is 18.8. The normalized spacial score (nSPS) is 14.9. The third-order valence-electron chi connectivity index (χ3n) is 4.18. The smallest absolute Gasteiger partial charge is 0.345 e. The van der Waals surface area contributed by atoms with E-state index < -0.39 is 11.8 Å². The lowest BCUT2D eigenvalue weighted by molar-refractivity contribution is -0.753. The van der Waals surface area contributed by atoms with Crippen LogP contribution in [0, 0.1) is 5.82 Å². The molecule has 2 aromatic rings. The number of fused-ring (bicyclic) bond motifs is 1. The van der Waals surface area contributed by atoms with E-state index in [1.807, 2.05) is 0 Å². The molecule has 0 saturated heterocycles. The molecule has 1 aliphatic carbocycles. The highest BCUT2D eigenvalue weighted by Gasteiger charge is 2.41. The Balaban J connectivity index is 2.39. The second kappa shape index (κ2) is 7.00. The van der Waals surface area contributed by atoms with Crippen molar-refractivity contribution in [1.82, 2.24) is 0 Å². The molecule has 5 nitrogen and oxygen atoms in total. The van der Waals surface area contributed by atoms with Crippen molar-refractivity contribution in [3.63, 3.8) is 0 Å². The lowest BCUT2D eigenvalue weighted by Crippen LogP contribution is -2.22. The van der Waals surface area contributed by atoms with Gasteiger partial charge in [0.1, 0.15) is 17.1 Å². The molecule has 134 valence electrons. The third-order valence-corrected chi connectivity index (χ3v) is 4.18. The molecule has 0 unspecified atom stereocenters. The summed E-state index contributed by atoms with van der Waals surface area (Å²) in [6, 6.07) is 11.4. The minimum Gasteiger partial charge on any atom is -0.497 e. The first-order valence-electron chi connectivity index (χ1n) is 8.14. The molecule has 0 atom stereocenters. The van der Waals surface area contributed by atoms with E-state index in [4.69, 9.17) is 9.47 Å².